The Morgan fingerprint density at radius 3 is 2.52 bits per heavy atom. The summed E-state index contributed by atoms with van der Waals surface area (Å²) in [5.74, 6) is 1.46. The quantitative estimate of drug-likeness (QED) is 0.674. The normalized spacial score (nSPS) is 12.6. The zero-order valence-electron chi connectivity index (χ0n) is 15.3. The van der Waals surface area contributed by atoms with Crippen molar-refractivity contribution in [2.75, 3.05) is 14.2 Å². The van der Waals surface area contributed by atoms with Crippen LogP contribution in [0.5, 0.6) is 11.5 Å². The van der Waals surface area contributed by atoms with Crippen LogP contribution in [-0.2, 0) is 17.1 Å². The number of ether oxygens (including phenoxy) is 2. The minimum absolute atomic E-state index is 0.0644. The standard InChI is InChI=1S/C19H21N3O4S/c1-22-12-11-20-19(22)18(14-7-6-8-15(13-14)25-2)21-27(23,24)17-10-5-4-9-16(17)26-3/h4-13,18,21H,1-3H3. The highest BCUT2D eigenvalue weighted by Crippen LogP contribution is 2.29. The van der Waals surface area contributed by atoms with E-state index in [1.54, 1.807) is 54.4 Å². The molecular weight excluding hydrogens is 366 g/mol. The van der Waals surface area contributed by atoms with Crippen LogP contribution >= 0.6 is 0 Å². The van der Waals surface area contributed by atoms with Crippen LogP contribution in [0.15, 0.2) is 65.8 Å². The summed E-state index contributed by atoms with van der Waals surface area (Å²) in [6.07, 6.45) is 3.39. The molecule has 1 N–H and O–H groups in total. The molecule has 0 fully saturated rings. The second kappa shape index (κ2) is 7.81. The minimum atomic E-state index is -3.88. The van der Waals surface area contributed by atoms with Crippen LogP contribution in [-0.4, -0.2) is 32.2 Å². The lowest BCUT2D eigenvalue weighted by molar-refractivity contribution is 0.402. The van der Waals surface area contributed by atoms with E-state index < -0.39 is 16.1 Å². The van der Waals surface area contributed by atoms with E-state index >= 15 is 0 Å². The average molecular weight is 387 g/mol. The third kappa shape index (κ3) is 3.96. The maximum absolute atomic E-state index is 13.1. The molecule has 8 heteroatoms. The highest BCUT2D eigenvalue weighted by molar-refractivity contribution is 7.89. The number of benzene rings is 2. The van der Waals surface area contributed by atoms with Gasteiger partial charge in [0.15, 0.2) is 0 Å². The maximum Gasteiger partial charge on any atom is 0.245 e. The van der Waals surface area contributed by atoms with Gasteiger partial charge >= 0.3 is 0 Å². The van der Waals surface area contributed by atoms with E-state index in [4.69, 9.17) is 9.47 Å². The number of para-hydroxylation sites is 1. The summed E-state index contributed by atoms with van der Waals surface area (Å²) in [5, 5.41) is 0. The number of imidazole rings is 1. The predicted molar refractivity (Wildman–Crippen MR) is 101 cm³/mol. The Morgan fingerprint density at radius 1 is 1.07 bits per heavy atom. The van der Waals surface area contributed by atoms with Crippen molar-refractivity contribution in [2.45, 2.75) is 10.9 Å². The molecular formula is C19H21N3O4S. The molecule has 27 heavy (non-hydrogen) atoms. The highest BCUT2D eigenvalue weighted by Gasteiger charge is 2.28. The van der Waals surface area contributed by atoms with Crippen LogP contribution in [0.4, 0.5) is 0 Å². The first-order valence-electron chi connectivity index (χ1n) is 8.23. The van der Waals surface area contributed by atoms with Crippen molar-refractivity contribution < 1.29 is 17.9 Å². The van der Waals surface area contributed by atoms with Crippen LogP contribution in [0.3, 0.4) is 0 Å². The number of hydrogen-bond donors (Lipinski definition) is 1. The molecule has 0 radical (unpaired) electrons. The monoisotopic (exact) mass is 387 g/mol. The number of methoxy groups -OCH3 is 2. The summed E-state index contributed by atoms with van der Waals surface area (Å²) < 4.78 is 41.2. The maximum atomic E-state index is 13.1. The summed E-state index contributed by atoms with van der Waals surface area (Å²) in [6, 6.07) is 13.0. The van der Waals surface area contributed by atoms with Crippen LogP contribution in [0, 0.1) is 0 Å². The molecule has 142 valence electrons. The van der Waals surface area contributed by atoms with E-state index in [1.165, 1.54) is 13.2 Å². The van der Waals surface area contributed by atoms with Crippen molar-refractivity contribution >= 4 is 10.0 Å². The van der Waals surface area contributed by atoms with E-state index in [0.29, 0.717) is 17.1 Å². The van der Waals surface area contributed by atoms with Crippen LogP contribution in [0.1, 0.15) is 17.4 Å². The number of sulfonamides is 1. The predicted octanol–water partition coefficient (Wildman–Crippen LogP) is 2.51. The van der Waals surface area contributed by atoms with Gasteiger partial charge in [-0.15, -0.1) is 0 Å². The molecule has 3 aromatic rings. The fourth-order valence-corrected chi connectivity index (χ4v) is 4.16. The van der Waals surface area contributed by atoms with E-state index in [0.717, 1.165) is 0 Å². The Labute approximate surface area is 158 Å². The van der Waals surface area contributed by atoms with Crippen molar-refractivity contribution in [1.29, 1.82) is 0 Å². The van der Waals surface area contributed by atoms with Crippen molar-refractivity contribution in [1.82, 2.24) is 14.3 Å². The third-order valence-corrected chi connectivity index (χ3v) is 5.64. The Hall–Kier alpha value is -2.84. The summed E-state index contributed by atoms with van der Waals surface area (Å²) in [4.78, 5) is 4.40. The fourth-order valence-electron chi connectivity index (χ4n) is 2.81. The van der Waals surface area contributed by atoms with Crippen molar-refractivity contribution in [3.05, 3.63) is 72.3 Å². The van der Waals surface area contributed by atoms with Crippen molar-refractivity contribution in [3.63, 3.8) is 0 Å². The summed E-state index contributed by atoms with van der Waals surface area (Å²) >= 11 is 0. The van der Waals surface area contributed by atoms with Crippen LogP contribution < -0.4 is 14.2 Å². The Kier molecular flexibility index (Phi) is 5.48. The zero-order valence-corrected chi connectivity index (χ0v) is 16.1. The van der Waals surface area contributed by atoms with Crippen molar-refractivity contribution in [3.8, 4) is 11.5 Å². The lowest BCUT2D eigenvalue weighted by Gasteiger charge is -2.20. The largest absolute Gasteiger partial charge is 0.497 e. The van der Waals surface area contributed by atoms with Crippen molar-refractivity contribution in [2.24, 2.45) is 7.05 Å². The van der Waals surface area contributed by atoms with E-state index in [1.807, 2.05) is 19.2 Å². The van der Waals surface area contributed by atoms with E-state index in [2.05, 4.69) is 9.71 Å². The molecule has 0 aliphatic rings. The lowest BCUT2D eigenvalue weighted by Crippen LogP contribution is -2.31. The molecule has 1 heterocycles. The summed E-state index contributed by atoms with van der Waals surface area (Å²) in [5.41, 5.74) is 0.710. The Balaban J connectivity index is 2.07. The van der Waals surface area contributed by atoms with Gasteiger partial charge in [-0.05, 0) is 29.8 Å². The molecule has 3 rings (SSSR count). The molecule has 1 aromatic heterocycles. The van der Waals surface area contributed by atoms with Crippen LogP contribution in [0.25, 0.3) is 0 Å². The fraction of sp³-hybridized carbons (Fsp3) is 0.211. The number of hydrogen-bond acceptors (Lipinski definition) is 5. The highest BCUT2D eigenvalue weighted by atomic mass is 32.2. The number of nitrogens with zero attached hydrogens (tertiary/aromatic N) is 2. The molecule has 0 aliphatic heterocycles. The summed E-state index contributed by atoms with van der Waals surface area (Å²) in [7, 11) is 0.931. The Morgan fingerprint density at radius 2 is 1.85 bits per heavy atom. The molecule has 7 nitrogen and oxygen atoms in total. The second-order valence-electron chi connectivity index (χ2n) is 5.88. The van der Waals surface area contributed by atoms with Gasteiger partial charge in [-0.25, -0.2) is 13.4 Å². The first-order chi connectivity index (χ1) is 13.0. The number of nitrogens with one attached hydrogen (secondary N) is 1. The van der Waals surface area contributed by atoms with Gasteiger partial charge in [-0.1, -0.05) is 24.3 Å². The molecule has 1 atom stereocenters. The Bertz CT molecular complexity index is 1030. The second-order valence-corrected chi connectivity index (χ2v) is 7.56. The first-order valence-corrected chi connectivity index (χ1v) is 9.71. The molecule has 0 saturated carbocycles. The first kappa shape index (κ1) is 18.9. The number of rotatable bonds is 7. The molecule has 1 unspecified atom stereocenters. The van der Waals surface area contributed by atoms with Gasteiger partial charge < -0.3 is 14.0 Å². The zero-order chi connectivity index (χ0) is 19.4. The minimum Gasteiger partial charge on any atom is -0.497 e. The lowest BCUT2D eigenvalue weighted by atomic mass is 10.1. The van der Waals surface area contributed by atoms with Gasteiger partial charge in [-0.2, -0.15) is 4.72 Å². The number of aromatic nitrogens is 2. The SMILES string of the molecule is COc1cccc(C(NS(=O)(=O)c2ccccc2OC)c2nccn2C)c1. The molecule has 0 spiro atoms. The van der Waals surface area contributed by atoms with Gasteiger partial charge in [-0.3, -0.25) is 0 Å². The third-order valence-electron chi connectivity index (χ3n) is 4.18. The summed E-state index contributed by atoms with van der Waals surface area (Å²) in [6.45, 7) is 0. The molecule has 0 amide bonds. The molecule has 0 aliphatic carbocycles. The molecule has 2 aromatic carbocycles. The van der Waals surface area contributed by atoms with Gasteiger partial charge in [0.25, 0.3) is 0 Å². The average Bonchev–Trinajstić information content (AvgIpc) is 3.11. The van der Waals surface area contributed by atoms with Crippen LogP contribution in [0.2, 0.25) is 0 Å². The van der Waals surface area contributed by atoms with Gasteiger partial charge in [0.2, 0.25) is 10.0 Å². The van der Waals surface area contributed by atoms with Gasteiger partial charge in [0.1, 0.15) is 28.3 Å². The number of aryl methyl sites for hydroxylation is 1. The topological polar surface area (TPSA) is 82.4 Å². The smallest absolute Gasteiger partial charge is 0.245 e. The molecule has 0 saturated heterocycles. The molecule has 0 bridgehead atoms. The van der Waals surface area contributed by atoms with Gasteiger partial charge in [0.05, 0.1) is 14.2 Å². The van der Waals surface area contributed by atoms with E-state index in [-0.39, 0.29) is 10.6 Å². The van der Waals surface area contributed by atoms with E-state index in [9.17, 15) is 8.42 Å². The van der Waals surface area contributed by atoms with Gasteiger partial charge in [0, 0.05) is 19.4 Å².